The van der Waals surface area contributed by atoms with Gasteiger partial charge in [-0.3, -0.25) is 0 Å². The van der Waals surface area contributed by atoms with Crippen molar-refractivity contribution in [2.24, 2.45) is 0 Å². The third kappa shape index (κ3) is 12.7. The maximum Gasteiger partial charge on any atom is 0.391 e. The van der Waals surface area contributed by atoms with Crippen LogP contribution in [0.25, 0.3) is 0 Å². The van der Waals surface area contributed by atoms with Crippen LogP contribution < -0.4 is 4.52 Å². The Balaban J connectivity index is 1.92. The maximum atomic E-state index is 9.02. The van der Waals surface area contributed by atoms with Gasteiger partial charge in [0.1, 0.15) is 5.75 Å². The molecular weight excluding hydrogens is 343 g/mol. The normalized spacial score (nSPS) is 11.2. The minimum absolute atomic E-state index is 0.610. The molecule has 0 aliphatic rings. The molecule has 0 bridgehead atoms. The first-order chi connectivity index (χ1) is 12.7. The molecule has 0 atom stereocenters. The van der Waals surface area contributed by atoms with Gasteiger partial charge in [-0.1, -0.05) is 109 Å². The SMILES string of the molecule is CCCCCCCCCCCCCCCCc1ccccc1OP(O)O. The molecule has 0 heterocycles. The van der Waals surface area contributed by atoms with Crippen LogP contribution in [0, 0.1) is 0 Å². The minimum Gasteiger partial charge on any atom is -0.427 e. The summed E-state index contributed by atoms with van der Waals surface area (Å²) in [7, 11) is -2.33. The van der Waals surface area contributed by atoms with Crippen LogP contribution in [-0.4, -0.2) is 9.79 Å². The van der Waals surface area contributed by atoms with E-state index in [0.29, 0.717) is 5.75 Å². The van der Waals surface area contributed by atoms with Crippen molar-refractivity contribution in [3.63, 3.8) is 0 Å². The van der Waals surface area contributed by atoms with Crippen molar-refractivity contribution in [1.29, 1.82) is 0 Å². The van der Waals surface area contributed by atoms with Crippen LogP contribution >= 0.6 is 8.60 Å². The molecule has 0 saturated heterocycles. The summed E-state index contributed by atoms with van der Waals surface area (Å²) < 4.78 is 5.09. The van der Waals surface area contributed by atoms with E-state index in [4.69, 9.17) is 14.3 Å². The van der Waals surface area contributed by atoms with Gasteiger partial charge in [0.25, 0.3) is 0 Å². The smallest absolute Gasteiger partial charge is 0.391 e. The number of hydrogen-bond donors (Lipinski definition) is 2. The predicted octanol–water partition coefficient (Wildman–Crippen LogP) is 7.30. The number of para-hydroxylation sites is 1. The highest BCUT2D eigenvalue weighted by Crippen LogP contribution is 2.32. The van der Waals surface area contributed by atoms with Crippen molar-refractivity contribution in [1.82, 2.24) is 0 Å². The molecule has 1 aromatic carbocycles. The molecule has 3 nitrogen and oxygen atoms in total. The van der Waals surface area contributed by atoms with Gasteiger partial charge in [-0.2, -0.15) is 0 Å². The summed E-state index contributed by atoms with van der Waals surface area (Å²) in [5.41, 5.74) is 1.07. The molecule has 2 N–H and O–H groups in total. The summed E-state index contributed by atoms with van der Waals surface area (Å²) in [6, 6.07) is 7.66. The second-order valence-electron chi connectivity index (χ2n) is 7.30. The van der Waals surface area contributed by atoms with Crippen molar-refractivity contribution < 1.29 is 14.3 Å². The fourth-order valence-electron chi connectivity index (χ4n) is 3.40. The predicted molar refractivity (Wildman–Crippen MR) is 112 cm³/mol. The van der Waals surface area contributed by atoms with E-state index in [1.165, 1.54) is 83.5 Å². The average molecular weight is 383 g/mol. The lowest BCUT2D eigenvalue weighted by Crippen LogP contribution is -1.93. The molecule has 0 spiro atoms. The molecule has 0 fully saturated rings. The zero-order chi connectivity index (χ0) is 18.9. The van der Waals surface area contributed by atoms with Crippen molar-refractivity contribution in [3.05, 3.63) is 29.8 Å². The Morgan fingerprint density at radius 3 is 1.65 bits per heavy atom. The van der Waals surface area contributed by atoms with Crippen molar-refractivity contribution in [3.8, 4) is 5.75 Å². The molecule has 0 saturated carbocycles. The summed E-state index contributed by atoms with van der Waals surface area (Å²) in [6.45, 7) is 2.27. The van der Waals surface area contributed by atoms with E-state index in [1.54, 1.807) is 6.07 Å². The summed E-state index contributed by atoms with van der Waals surface area (Å²) in [6.07, 6.45) is 20.0. The van der Waals surface area contributed by atoms with Crippen LogP contribution in [0.2, 0.25) is 0 Å². The Kier molecular flexibility index (Phi) is 14.9. The van der Waals surface area contributed by atoms with Crippen LogP contribution in [0.5, 0.6) is 5.75 Å². The van der Waals surface area contributed by atoms with E-state index in [0.717, 1.165) is 18.4 Å². The van der Waals surface area contributed by atoms with Gasteiger partial charge in [-0.15, -0.1) is 0 Å². The highest BCUT2D eigenvalue weighted by molar-refractivity contribution is 7.39. The van der Waals surface area contributed by atoms with Gasteiger partial charge in [-0.05, 0) is 24.5 Å². The Morgan fingerprint density at radius 1 is 0.692 bits per heavy atom. The summed E-state index contributed by atoms with van der Waals surface area (Å²) in [5, 5.41) is 0. The van der Waals surface area contributed by atoms with Gasteiger partial charge in [0.2, 0.25) is 0 Å². The van der Waals surface area contributed by atoms with E-state index in [2.05, 4.69) is 6.92 Å². The van der Waals surface area contributed by atoms with Crippen LogP contribution in [0.4, 0.5) is 0 Å². The third-order valence-corrected chi connectivity index (χ3v) is 5.31. The highest BCUT2D eigenvalue weighted by atomic mass is 31.2. The van der Waals surface area contributed by atoms with E-state index in [1.807, 2.05) is 18.2 Å². The van der Waals surface area contributed by atoms with E-state index in [-0.39, 0.29) is 0 Å². The number of rotatable bonds is 17. The van der Waals surface area contributed by atoms with Gasteiger partial charge in [0.05, 0.1) is 0 Å². The van der Waals surface area contributed by atoms with Crippen LogP contribution in [0.15, 0.2) is 24.3 Å². The molecule has 0 amide bonds. The van der Waals surface area contributed by atoms with Gasteiger partial charge in [-0.25, -0.2) is 0 Å². The van der Waals surface area contributed by atoms with Crippen LogP contribution in [-0.2, 0) is 6.42 Å². The standard InChI is InChI=1S/C22H39O3P/c1-2-3-4-5-6-7-8-9-10-11-12-13-14-15-18-21-19-16-17-20-22(21)25-26(23)24/h16-17,19-20,23-24H,2-15,18H2,1H3. The van der Waals surface area contributed by atoms with E-state index in [9.17, 15) is 0 Å². The Morgan fingerprint density at radius 2 is 1.15 bits per heavy atom. The molecular formula is C22H39O3P. The van der Waals surface area contributed by atoms with Crippen LogP contribution in [0.1, 0.15) is 102 Å². The number of unbranched alkanes of at least 4 members (excludes halogenated alkanes) is 13. The Hall–Kier alpha value is -0.630. The molecule has 1 aromatic rings. The second kappa shape index (κ2) is 16.5. The summed E-state index contributed by atoms with van der Waals surface area (Å²) in [5.74, 6) is 0.610. The summed E-state index contributed by atoms with van der Waals surface area (Å²) >= 11 is 0. The van der Waals surface area contributed by atoms with Gasteiger partial charge in [0.15, 0.2) is 0 Å². The Labute approximate surface area is 162 Å². The Bertz CT molecular complexity index is 437. The van der Waals surface area contributed by atoms with Crippen molar-refractivity contribution >= 4 is 8.60 Å². The fourth-order valence-corrected chi connectivity index (χ4v) is 3.75. The molecule has 0 radical (unpaired) electrons. The quantitative estimate of drug-likeness (QED) is 0.219. The zero-order valence-corrected chi connectivity index (χ0v) is 17.6. The first kappa shape index (κ1) is 23.4. The maximum absolute atomic E-state index is 9.02. The summed E-state index contributed by atoms with van der Waals surface area (Å²) in [4.78, 5) is 18.0. The lowest BCUT2D eigenvalue weighted by molar-refractivity contribution is 0.373. The highest BCUT2D eigenvalue weighted by Gasteiger charge is 2.07. The lowest BCUT2D eigenvalue weighted by Gasteiger charge is -2.10. The molecule has 0 unspecified atom stereocenters. The van der Waals surface area contributed by atoms with Gasteiger partial charge in [0, 0.05) is 0 Å². The lowest BCUT2D eigenvalue weighted by atomic mass is 10.0. The third-order valence-electron chi connectivity index (χ3n) is 4.95. The minimum atomic E-state index is -2.33. The van der Waals surface area contributed by atoms with Crippen LogP contribution in [0.3, 0.4) is 0 Å². The molecule has 0 aliphatic heterocycles. The molecule has 26 heavy (non-hydrogen) atoms. The molecule has 0 aromatic heterocycles. The molecule has 4 heteroatoms. The van der Waals surface area contributed by atoms with E-state index >= 15 is 0 Å². The number of benzene rings is 1. The monoisotopic (exact) mass is 382 g/mol. The topological polar surface area (TPSA) is 49.7 Å². The first-order valence-corrected chi connectivity index (χ1v) is 11.8. The first-order valence-electron chi connectivity index (χ1n) is 10.7. The number of hydrogen-bond acceptors (Lipinski definition) is 3. The largest absolute Gasteiger partial charge is 0.427 e. The molecule has 0 aliphatic carbocycles. The van der Waals surface area contributed by atoms with Gasteiger partial charge < -0.3 is 14.3 Å². The number of aryl methyl sites for hydroxylation is 1. The fraction of sp³-hybridized carbons (Fsp3) is 0.727. The zero-order valence-electron chi connectivity index (χ0n) is 16.7. The van der Waals surface area contributed by atoms with Crippen molar-refractivity contribution in [2.45, 2.75) is 103 Å². The molecule has 150 valence electrons. The second-order valence-corrected chi connectivity index (χ2v) is 7.99. The van der Waals surface area contributed by atoms with E-state index < -0.39 is 8.60 Å². The van der Waals surface area contributed by atoms with Gasteiger partial charge >= 0.3 is 8.60 Å². The van der Waals surface area contributed by atoms with Crippen molar-refractivity contribution in [2.75, 3.05) is 0 Å². The average Bonchev–Trinajstić information content (AvgIpc) is 2.63. The molecule has 1 rings (SSSR count).